The van der Waals surface area contributed by atoms with Crippen molar-refractivity contribution in [3.05, 3.63) is 63.8 Å². The Morgan fingerprint density at radius 1 is 1.25 bits per heavy atom. The van der Waals surface area contributed by atoms with Crippen LogP contribution in [0.25, 0.3) is 11.0 Å². The molecule has 122 valence electrons. The fourth-order valence-electron chi connectivity index (χ4n) is 2.58. The first-order chi connectivity index (χ1) is 11.4. The molecule has 0 saturated heterocycles. The monoisotopic (exact) mass is 324 g/mol. The number of aromatic hydroxyl groups is 1. The summed E-state index contributed by atoms with van der Waals surface area (Å²) in [4.78, 5) is 28.5. The van der Waals surface area contributed by atoms with Crippen molar-refractivity contribution in [3.8, 4) is 5.75 Å². The first-order valence-corrected chi connectivity index (χ1v) is 7.42. The molecule has 1 aromatic carbocycles. The van der Waals surface area contributed by atoms with Crippen LogP contribution in [0.1, 0.15) is 16.8 Å². The Balaban J connectivity index is 1.91. The summed E-state index contributed by atoms with van der Waals surface area (Å²) in [6, 6.07) is 7.99. The van der Waals surface area contributed by atoms with E-state index in [-0.39, 0.29) is 18.1 Å². The van der Waals surface area contributed by atoms with Gasteiger partial charge in [-0.25, -0.2) is 4.79 Å². The van der Waals surface area contributed by atoms with Crippen LogP contribution in [0.15, 0.2) is 45.7 Å². The number of rotatable bonds is 3. The molecule has 0 aliphatic rings. The lowest BCUT2D eigenvalue weighted by Crippen LogP contribution is -2.20. The Hall–Kier alpha value is -3.15. The van der Waals surface area contributed by atoms with Gasteiger partial charge >= 0.3 is 5.63 Å². The van der Waals surface area contributed by atoms with Gasteiger partial charge < -0.3 is 14.8 Å². The lowest BCUT2D eigenvalue weighted by atomic mass is 10.0. The molecule has 6 nitrogen and oxygen atoms in total. The minimum Gasteiger partial charge on any atom is -0.508 e. The van der Waals surface area contributed by atoms with Gasteiger partial charge in [-0.1, -0.05) is 0 Å². The zero-order chi connectivity index (χ0) is 17.3. The zero-order valence-electron chi connectivity index (χ0n) is 13.3. The highest BCUT2D eigenvalue weighted by Gasteiger charge is 2.15. The number of pyridine rings is 1. The van der Waals surface area contributed by atoms with Crippen molar-refractivity contribution in [1.29, 1.82) is 0 Å². The molecule has 3 aromatic rings. The maximum Gasteiger partial charge on any atom is 0.340 e. The molecule has 0 fully saturated rings. The number of hydrogen-bond donors (Lipinski definition) is 2. The summed E-state index contributed by atoms with van der Waals surface area (Å²) in [6.07, 6.45) is 1.51. The van der Waals surface area contributed by atoms with Crippen molar-refractivity contribution in [2.75, 3.05) is 5.32 Å². The molecule has 2 aromatic heterocycles. The van der Waals surface area contributed by atoms with E-state index in [2.05, 4.69) is 10.3 Å². The number of nitrogens with one attached hydrogen (secondary N) is 1. The third-order valence-electron chi connectivity index (χ3n) is 3.79. The van der Waals surface area contributed by atoms with Crippen LogP contribution < -0.4 is 10.9 Å². The number of nitrogens with zero attached hydrogens (tertiary/aromatic N) is 1. The van der Waals surface area contributed by atoms with Gasteiger partial charge in [0.25, 0.3) is 0 Å². The van der Waals surface area contributed by atoms with Gasteiger partial charge in [0.1, 0.15) is 11.3 Å². The van der Waals surface area contributed by atoms with Gasteiger partial charge in [-0.3, -0.25) is 9.78 Å². The standard InChI is InChI=1S/C18H16N2O4/c1-10-7-12(5-6-19-10)20-17(22)9-15-11(2)14-4-3-13(21)8-16(14)24-18(15)23/h3-8,21H,9H2,1-2H3,(H,19,20,22). The van der Waals surface area contributed by atoms with Gasteiger partial charge in [0.2, 0.25) is 5.91 Å². The highest BCUT2D eigenvalue weighted by molar-refractivity contribution is 5.93. The number of hydrogen-bond acceptors (Lipinski definition) is 5. The third kappa shape index (κ3) is 3.12. The van der Waals surface area contributed by atoms with Gasteiger partial charge in [0, 0.05) is 29.0 Å². The number of fused-ring (bicyclic) bond motifs is 1. The fourth-order valence-corrected chi connectivity index (χ4v) is 2.58. The van der Waals surface area contributed by atoms with E-state index in [1.54, 1.807) is 31.3 Å². The van der Waals surface area contributed by atoms with Gasteiger partial charge in [0.15, 0.2) is 0 Å². The van der Waals surface area contributed by atoms with Crippen molar-refractivity contribution in [2.24, 2.45) is 0 Å². The second-order valence-corrected chi connectivity index (χ2v) is 5.58. The Bertz CT molecular complexity index is 992. The number of aromatic nitrogens is 1. The maximum atomic E-state index is 12.2. The quantitative estimate of drug-likeness (QED) is 0.723. The van der Waals surface area contributed by atoms with Crippen LogP contribution in [0, 0.1) is 13.8 Å². The summed E-state index contributed by atoms with van der Waals surface area (Å²) in [7, 11) is 0. The number of phenolic OH excluding ortho intramolecular Hbond substituents is 1. The summed E-state index contributed by atoms with van der Waals surface area (Å²) in [5.41, 5.74) is 2.10. The summed E-state index contributed by atoms with van der Waals surface area (Å²) >= 11 is 0. The molecule has 0 bridgehead atoms. The van der Waals surface area contributed by atoms with Crippen LogP contribution >= 0.6 is 0 Å². The molecule has 0 unspecified atom stereocenters. The van der Waals surface area contributed by atoms with Crippen LogP contribution in [0.5, 0.6) is 5.75 Å². The van der Waals surface area contributed by atoms with Gasteiger partial charge in [-0.2, -0.15) is 0 Å². The molecular weight excluding hydrogens is 308 g/mol. The number of carbonyl (C=O) groups is 1. The van der Waals surface area contributed by atoms with Crippen LogP contribution in [0.2, 0.25) is 0 Å². The van der Waals surface area contributed by atoms with E-state index < -0.39 is 5.63 Å². The summed E-state index contributed by atoms with van der Waals surface area (Å²) in [5, 5.41) is 12.9. The number of carbonyl (C=O) groups excluding carboxylic acids is 1. The molecule has 0 atom stereocenters. The van der Waals surface area contributed by atoms with E-state index in [4.69, 9.17) is 4.42 Å². The van der Waals surface area contributed by atoms with Crippen molar-refractivity contribution in [2.45, 2.75) is 20.3 Å². The van der Waals surface area contributed by atoms with E-state index in [1.165, 1.54) is 12.1 Å². The van der Waals surface area contributed by atoms with E-state index >= 15 is 0 Å². The predicted molar refractivity (Wildman–Crippen MR) is 90.2 cm³/mol. The van der Waals surface area contributed by atoms with Crippen molar-refractivity contribution in [1.82, 2.24) is 4.98 Å². The Labute approximate surface area is 137 Å². The number of phenols is 1. The normalized spacial score (nSPS) is 10.8. The number of aryl methyl sites for hydroxylation is 2. The van der Waals surface area contributed by atoms with E-state index in [9.17, 15) is 14.7 Å². The SMILES string of the molecule is Cc1cc(NC(=O)Cc2c(C)c3ccc(O)cc3oc2=O)ccn1. The summed E-state index contributed by atoms with van der Waals surface area (Å²) in [5.74, 6) is -0.294. The molecule has 0 aliphatic heterocycles. The van der Waals surface area contributed by atoms with Crippen LogP contribution in [-0.4, -0.2) is 16.0 Å². The van der Waals surface area contributed by atoms with Crippen LogP contribution in [0.4, 0.5) is 5.69 Å². The van der Waals surface area contributed by atoms with Gasteiger partial charge in [0.05, 0.1) is 12.0 Å². The summed E-state index contributed by atoms with van der Waals surface area (Å²) < 4.78 is 5.22. The molecule has 0 aliphatic carbocycles. The van der Waals surface area contributed by atoms with Gasteiger partial charge in [-0.05, 0) is 43.7 Å². The average Bonchev–Trinajstić information content (AvgIpc) is 2.51. The number of benzene rings is 1. The highest BCUT2D eigenvalue weighted by Crippen LogP contribution is 2.23. The molecule has 1 amide bonds. The number of amides is 1. The van der Waals surface area contributed by atoms with Crippen LogP contribution in [-0.2, 0) is 11.2 Å². The molecule has 0 radical (unpaired) electrons. The molecule has 3 rings (SSSR count). The Kier molecular flexibility index (Phi) is 4.04. The average molecular weight is 324 g/mol. The molecule has 2 heterocycles. The molecule has 6 heteroatoms. The maximum absolute atomic E-state index is 12.2. The van der Waals surface area contributed by atoms with Crippen molar-refractivity contribution in [3.63, 3.8) is 0 Å². The van der Waals surface area contributed by atoms with Crippen molar-refractivity contribution < 1.29 is 14.3 Å². The molecule has 0 saturated carbocycles. The van der Waals surface area contributed by atoms with Crippen LogP contribution in [0.3, 0.4) is 0 Å². The topological polar surface area (TPSA) is 92.4 Å². The smallest absolute Gasteiger partial charge is 0.340 e. The Morgan fingerprint density at radius 3 is 2.79 bits per heavy atom. The first-order valence-electron chi connectivity index (χ1n) is 7.42. The van der Waals surface area contributed by atoms with E-state index in [1.807, 2.05) is 6.92 Å². The van der Waals surface area contributed by atoms with E-state index in [0.29, 0.717) is 27.8 Å². The molecule has 0 spiro atoms. The van der Waals surface area contributed by atoms with Crippen molar-refractivity contribution >= 4 is 22.6 Å². The minimum atomic E-state index is -0.577. The predicted octanol–water partition coefficient (Wildman–Crippen LogP) is 2.69. The molecule has 24 heavy (non-hydrogen) atoms. The molecular formula is C18H16N2O4. The summed E-state index contributed by atoms with van der Waals surface area (Å²) in [6.45, 7) is 3.59. The first kappa shape index (κ1) is 15.7. The van der Waals surface area contributed by atoms with E-state index in [0.717, 1.165) is 5.69 Å². The molecule has 2 N–H and O–H groups in total. The fraction of sp³-hybridized carbons (Fsp3) is 0.167. The third-order valence-corrected chi connectivity index (χ3v) is 3.79. The highest BCUT2D eigenvalue weighted by atomic mass is 16.4. The largest absolute Gasteiger partial charge is 0.508 e. The second-order valence-electron chi connectivity index (χ2n) is 5.58. The van der Waals surface area contributed by atoms with Gasteiger partial charge in [-0.15, -0.1) is 0 Å². The number of anilines is 1. The lowest BCUT2D eigenvalue weighted by Gasteiger charge is -2.09. The second kappa shape index (κ2) is 6.16. The lowest BCUT2D eigenvalue weighted by molar-refractivity contribution is -0.115. The minimum absolute atomic E-state index is 0.0172. The Morgan fingerprint density at radius 2 is 2.04 bits per heavy atom. The zero-order valence-corrected chi connectivity index (χ0v) is 13.3.